The maximum atomic E-state index is 13.0. The number of nitrogens with one attached hydrogen (secondary N) is 1. The van der Waals surface area contributed by atoms with Gasteiger partial charge in [-0.05, 0) is 31.0 Å². The summed E-state index contributed by atoms with van der Waals surface area (Å²) >= 11 is 11.7. The van der Waals surface area contributed by atoms with Crippen molar-refractivity contribution in [2.75, 3.05) is 0 Å². The topological polar surface area (TPSA) is 29.1 Å². The fourth-order valence-electron chi connectivity index (χ4n) is 2.61. The zero-order valence-electron chi connectivity index (χ0n) is 11.0. The minimum atomic E-state index is -4.31. The first-order valence-electron chi connectivity index (χ1n) is 6.61. The molecule has 1 aromatic carbocycles. The lowest BCUT2D eigenvalue weighted by atomic mass is 9.84. The number of carbonyl (C=O) groups excluding carboxylic acids is 1. The second-order valence-corrected chi connectivity index (χ2v) is 5.98. The van der Waals surface area contributed by atoms with Crippen molar-refractivity contribution < 1.29 is 18.0 Å². The van der Waals surface area contributed by atoms with Crippen LogP contribution in [0.1, 0.15) is 36.0 Å². The van der Waals surface area contributed by atoms with Crippen LogP contribution in [-0.4, -0.2) is 18.1 Å². The van der Waals surface area contributed by atoms with Gasteiger partial charge in [0, 0.05) is 11.1 Å². The summed E-state index contributed by atoms with van der Waals surface area (Å²) in [6, 6.07) is 3.40. The summed E-state index contributed by atoms with van der Waals surface area (Å²) in [5, 5.41) is 2.93. The van der Waals surface area contributed by atoms with Gasteiger partial charge in [-0.15, -0.1) is 0 Å². The highest BCUT2D eigenvalue weighted by Gasteiger charge is 2.46. The van der Waals surface area contributed by atoms with Gasteiger partial charge in [0.05, 0.1) is 16.5 Å². The Kier molecular flexibility index (Phi) is 5.04. The molecule has 1 amide bonds. The van der Waals surface area contributed by atoms with E-state index in [-0.39, 0.29) is 17.0 Å². The Labute approximate surface area is 130 Å². The molecule has 0 heterocycles. The number of carbonyl (C=O) groups is 1. The molecule has 1 saturated carbocycles. The van der Waals surface area contributed by atoms with E-state index in [1.165, 1.54) is 18.2 Å². The highest BCUT2D eigenvalue weighted by Crippen LogP contribution is 2.38. The molecule has 116 valence electrons. The van der Waals surface area contributed by atoms with Gasteiger partial charge in [0.2, 0.25) is 0 Å². The molecular formula is C14H14Cl2F3NO. The van der Waals surface area contributed by atoms with E-state index >= 15 is 0 Å². The second-order valence-electron chi connectivity index (χ2n) is 5.14. The van der Waals surface area contributed by atoms with Gasteiger partial charge >= 0.3 is 6.18 Å². The van der Waals surface area contributed by atoms with Crippen molar-refractivity contribution in [1.82, 2.24) is 5.32 Å². The van der Waals surface area contributed by atoms with Gasteiger partial charge in [0.25, 0.3) is 5.91 Å². The third-order valence-corrected chi connectivity index (χ3v) is 4.24. The van der Waals surface area contributed by atoms with Gasteiger partial charge in [0.1, 0.15) is 0 Å². The first-order valence-corrected chi connectivity index (χ1v) is 7.37. The highest BCUT2D eigenvalue weighted by atomic mass is 35.5. The summed E-state index contributed by atoms with van der Waals surface area (Å²) in [7, 11) is 0. The molecule has 2 rings (SSSR count). The summed E-state index contributed by atoms with van der Waals surface area (Å²) < 4.78 is 39.0. The van der Waals surface area contributed by atoms with E-state index < -0.39 is 24.0 Å². The molecule has 1 aliphatic carbocycles. The lowest BCUT2D eigenvalue weighted by molar-refractivity contribution is -0.187. The molecule has 0 bridgehead atoms. The van der Waals surface area contributed by atoms with Crippen LogP contribution in [0.5, 0.6) is 0 Å². The van der Waals surface area contributed by atoms with E-state index in [0.29, 0.717) is 24.3 Å². The standard InChI is InChI=1S/C14H14Cl2F3NO/c15-8-5-6-11(16)9(7-8)13(21)20-12-4-2-1-3-10(12)14(17,18)19/h5-7,10,12H,1-4H2,(H,20,21). The van der Waals surface area contributed by atoms with E-state index in [0.717, 1.165) is 0 Å². The Morgan fingerprint density at radius 1 is 1.19 bits per heavy atom. The predicted molar refractivity (Wildman–Crippen MR) is 75.7 cm³/mol. The first-order chi connectivity index (χ1) is 9.79. The van der Waals surface area contributed by atoms with Crippen LogP contribution in [0.15, 0.2) is 18.2 Å². The van der Waals surface area contributed by atoms with Crippen molar-refractivity contribution in [1.29, 1.82) is 0 Å². The van der Waals surface area contributed by atoms with Crippen LogP contribution in [0.25, 0.3) is 0 Å². The van der Waals surface area contributed by atoms with Crippen LogP contribution in [0.4, 0.5) is 13.2 Å². The van der Waals surface area contributed by atoms with Crippen LogP contribution in [-0.2, 0) is 0 Å². The molecule has 0 spiro atoms. The molecule has 0 saturated heterocycles. The predicted octanol–water partition coefficient (Wildman–Crippen LogP) is 4.84. The normalized spacial score (nSPS) is 22.9. The molecular weight excluding hydrogens is 326 g/mol. The van der Waals surface area contributed by atoms with Crippen LogP contribution in [0.2, 0.25) is 10.0 Å². The van der Waals surface area contributed by atoms with Crippen LogP contribution in [0, 0.1) is 5.92 Å². The number of halogens is 5. The number of amides is 1. The zero-order chi connectivity index (χ0) is 15.6. The number of hydrogen-bond donors (Lipinski definition) is 1. The van der Waals surface area contributed by atoms with Gasteiger partial charge < -0.3 is 5.32 Å². The molecule has 2 atom stereocenters. The van der Waals surface area contributed by atoms with Crippen LogP contribution >= 0.6 is 23.2 Å². The Morgan fingerprint density at radius 2 is 1.86 bits per heavy atom. The van der Waals surface area contributed by atoms with E-state index in [2.05, 4.69) is 5.32 Å². The molecule has 2 nitrogen and oxygen atoms in total. The van der Waals surface area contributed by atoms with Crippen LogP contribution in [0.3, 0.4) is 0 Å². The molecule has 1 aliphatic rings. The van der Waals surface area contributed by atoms with Gasteiger partial charge in [-0.2, -0.15) is 13.2 Å². The second kappa shape index (κ2) is 6.44. The van der Waals surface area contributed by atoms with E-state index in [9.17, 15) is 18.0 Å². The fourth-order valence-corrected chi connectivity index (χ4v) is 2.99. The van der Waals surface area contributed by atoms with Crippen LogP contribution < -0.4 is 5.32 Å². The Hall–Kier alpha value is -0.940. The van der Waals surface area contributed by atoms with Crippen molar-refractivity contribution in [3.8, 4) is 0 Å². The average molecular weight is 340 g/mol. The largest absolute Gasteiger partial charge is 0.393 e. The van der Waals surface area contributed by atoms with E-state index in [4.69, 9.17) is 23.2 Å². The lowest BCUT2D eigenvalue weighted by Crippen LogP contribution is -2.47. The molecule has 1 N–H and O–H groups in total. The van der Waals surface area contributed by atoms with Crippen molar-refractivity contribution in [2.45, 2.75) is 37.9 Å². The lowest BCUT2D eigenvalue weighted by Gasteiger charge is -2.33. The Bertz CT molecular complexity index is 533. The highest BCUT2D eigenvalue weighted by molar-refractivity contribution is 6.35. The summed E-state index contributed by atoms with van der Waals surface area (Å²) in [6.45, 7) is 0. The zero-order valence-corrected chi connectivity index (χ0v) is 12.5. The third-order valence-electron chi connectivity index (χ3n) is 3.68. The maximum Gasteiger partial charge on any atom is 0.393 e. The van der Waals surface area contributed by atoms with Crippen molar-refractivity contribution in [3.63, 3.8) is 0 Å². The molecule has 0 aromatic heterocycles. The molecule has 1 fully saturated rings. The molecule has 7 heteroatoms. The minimum Gasteiger partial charge on any atom is -0.349 e. The number of hydrogen-bond acceptors (Lipinski definition) is 1. The number of benzene rings is 1. The van der Waals surface area contributed by atoms with E-state index in [1.807, 2.05) is 0 Å². The van der Waals surface area contributed by atoms with Crippen molar-refractivity contribution in [2.24, 2.45) is 5.92 Å². The van der Waals surface area contributed by atoms with Crippen molar-refractivity contribution in [3.05, 3.63) is 33.8 Å². The smallest absolute Gasteiger partial charge is 0.349 e. The molecule has 1 aromatic rings. The molecule has 2 unspecified atom stereocenters. The maximum absolute atomic E-state index is 13.0. The third kappa shape index (κ3) is 4.04. The van der Waals surface area contributed by atoms with Crippen molar-refractivity contribution >= 4 is 29.1 Å². The quantitative estimate of drug-likeness (QED) is 0.820. The first kappa shape index (κ1) is 16.4. The summed E-state index contributed by atoms with van der Waals surface area (Å²) in [4.78, 5) is 12.1. The Morgan fingerprint density at radius 3 is 2.52 bits per heavy atom. The molecule has 0 radical (unpaired) electrons. The minimum absolute atomic E-state index is 0.0394. The summed E-state index contributed by atoms with van der Waals surface area (Å²) in [5.74, 6) is -2.13. The Balaban J connectivity index is 2.15. The summed E-state index contributed by atoms with van der Waals surface area (Å²) in [5.41, 5.74) is 0.0932. The SMILES string of the molecule is O=C(NC1CCCCC1C(F)(F)F)c1cc(Cl)ccc1Cl. The van der Waals surface area contributed by atoms with Gasteiger partial charge in [-0.25, -0.2) is 0 Å². The van der Waals surface area contributed by atoms with Gasteiger partial charge in [0.15, 0.2) is 0 Å². The number of alkyl halides is 3. The van der Waals surface area contributed by atoms with Gasteiger partial charge in [-0.1, -0.05) is 36.0 Å². The average Bonchev–Trinajstić information content (AvgIpc) is 2.41. The van der Waals surface area contributed by atoms with Gasteiger partial charge in [-0.3, -0.25) is 4.79 Å². The molecule has 0 aliphatic heterocycles. The fraction of sp³-hybridized carbons (Fsp3) is 0.500. The molecule has 21 heavy (non-hydrogen) atoms. The summed E-state index contributed by atoms with van der Waals surface area (Å²) in [6.07, 6.45) is -2.77. The van der Waals surface area contributed by atoms with E-state index in [1.54, 1.807) is 0 Å². The number of rotatable bonds is 2. The monoisotopic (exact) mass is 339 g/mol.